The summed E-state index contributed by atoms with van der Waals surface area (Å²) in [6, 6.07) is 12.0. The van der Waals surface area contributed by atoms with Gasteiger partial charge in [-0.05, 0) is 24.3 Å². The van der Waals surface area contributed by atoms with Gasteiger partial charge in [0.25, 0.3) is 0 Å². The Morgan fingerprint density at radius 3 is 2.47 bits per heavy atom. The van der Waals surface area contributed by atoms with Gasteiger partial charge in [0.05, 0.1) is 0 Å². The van der Waals surface area contributed by atoms with Crippen molar-refractivity contribution in [2.45, 2.75) is 52.7 Å². The molecule has 2 heteroatoms. The zero-order valence-electron chi connectivity index (χ0n) is 12.8. The zero-order chi connectivity index (χ0) is 13.9. The van der Waals surface area contributed by atoms with Crippen LogP contribution in [0.1, 0.15) is 39.7 Å². The molecule has 0 aromatic heterocycles. The molecule has 2 rings (SSSR count). The molecule has 1 unspecified atom stereocenters. The molecule has 0 aliphatic carbocycles. The molecule has 1 aromatic rings. The van der Waals surface area contributed by atoms with Crippen LogP contribution >= 0.6 is 0 Å². The molecule has 1 aliphatic heterocycles. The van der Waals surface area contributed by atoms with Crippen LogP contribution in [0.2, 0.25) is 0 Å². The van der Waals surface area contributed by atoms with Crippen molar-refractivity contribution in [1.29, 1.82) is 0 Å². The van der Waals surface area contributed by atoms with Crippen LogP contribution in [0, 0.1) is 5.41 Å². The molecule has 0 saturated carbocycles. The van der Waals surface area contributed by atoms with E-state index in [1.54, 1.807) is 0 Å². The number of nitrogens with zero attached hydrogens (tertiary/aromatic N) is 1. The fourth-order valence-corrected chi connectivity index (χ4v) is 3.11. The van der Waals surface area contributed by atoms with E-state index in [9.17, 15) is 0 Å². The summed E-state index contributed by atoms with van der Waals surface area (Å²) in [5.41, 5.74) is 1.82. The van der Waals surface area contributed by atoms with Crippen LogP contribution in [0.3, 0.4) is 0 Å². The first-order valence-electron chi connectivity index (χ1n) is 7.45. The van der Waals surface area contributed by atoms with Crippen LogP contribution in [0.4, 0.5) is 0 Å². The van der Waals surface area contributed by atoms with E-state index in [0.717, 1.165) is 19.6 Å². The molecule has 1 saturated heterocycles. The second-order valence-electron chi connectivity index (χ2n) is 7.21. The number of hydrogen-bond acceptors (Lipinski definition) is 2. The number of hydrogen-bond donors (Lipinski definition) is 1. The molecule has 1 aromatic carbocycles. The van der Waals surface area contributed by atoms with Gasteiger partial charge in [-0.3, -0.25) is 4.90 Å². The molecule has 0 bridgehead atoms. The normalized spacial score (nSPS) is 25.5. The van der Waals surface area contributed by atoms with Crippen LogP contribution in [-0.2, 0) is 6.54 Å². The molecule has 2 atom stereocenters. The van der Waals surface area contributed by atoms with Gasteiger partial charge in [0.2, 0.25) is 0 Å². The predicted octanol–water partition coefficient (Wildman–Crippen LogP) is 3.29. The van der Waals surface area contributed by atoms with Crippen molar-refractivity contribution in [3.8, 4) is 0 Å². The van der Waals surface area contributed by atoms with Crippen LogP contribution in [0.15, 0.2) is 30.3 Å². The Labute approximate surface area is 118 Å². The quantitative estimate of drug-likeness (QED) is 0.897. The third-order valence-electron chi connectivity index (χ3n) is 3.64. The molecule has 0 radical (unpaired) electrons. The van der Waals surface area contributed by atoms with Crippen molar-refractivity contribution in [1.82, 2.24) is 10.2 Å². The third kappa shape index (κ3) is 4.96. The monoisotopic (exact) mass is 260 g/mol. The first kappa shape index (κ1) is 14.5. The lowest BCUT2D eigenvalue weighted by atomic mass is 9.87. The highest BCUT2D eigenvalue weighted by Gasteiger charge is 2.27. The molecule has 106 valence electrons. The number of piperazine rings is 1. The van der Waals surface area contributed by atoms with E-state index in [1.165, 1.54) is 12.0 Å². The summed E-state index contributed by atoms with van der Waals surface area (Å²) in [6.45, 7) is 12.7. The highest BCUT2D eigenvalue weighted by Crippen LogP contribution is 2.23. The maximum absolute atomic E-state index is 3.75. The Morgan fingerprint density at radius 2 is 1.84 bits per heavy atom. The standard InChI is InChI=1S/C17H28N2/c1-14-11-19(12-15-8-6-5-7-9-15)13-16(18-14)10-17(2,3)4/h5-9,14,16,18H,10-13H2,1-4H3/t14-,16?/m0/s1. The van der Waals surface area contributed by atoms with Crippen molar-refractivity contribution in [2.24, 2.45) is 5.41 Å². The van der Waals surface area contributed by atoms with Gasteiger partial charge in [-0.15, -0.1) is 0 Å². The summed E-state index contributed by atoms with van der Waals surface area (Å²) in [5, 5.41) is 3.75. The third-order valence-corrected chi connectivity index (χ3v) is 3.64. The van der Waals surface area contributed by atoms with Crippen molar-refractivity contribution in [3.63, 3.8) is 0 Å². The predicted molar refractivity (Wildman–Crippen MR) is 82.2 cm³/mol. The molecule has 2 nitrogen and oxygen atoms in total. The summed E-state index contributed by atoms with van der Waals surface area (Å²) < 4.78 is 0. The minimum Gasteiger partial charge on any atom is -0.309 e. The first-order chi connectivity index (χ1) is 8.92. The van der Waals surface area contributed by atoms with Crippen molar-refractivity contribution in [3.05, 3.63) is 35.9 Å². The summed E-state index contributed by atoms with van der Waals surface area (Å²) >= 11 is 0. The van der Waals surface area contributed by atoms with Crippen LogP contribution in [0.25, 0.3) is 0 Å². The minimum atomic E-state index is 0.396. The second kappa shape index (κ2) is 6.06. The van der Waals surface area contributed by atoms with E-state index < -0.39 is 0 Å². The number of benzene rings is 1. The molecule has 1 aliphatic rings. The van der Waals surface area contributed by atoms with Crippen molar-refractivity contribution in [2.75, 3.05) is 13.1 Å². The van der Waals surface area contributed by atoms with Gasteiger partial charge < -0.3 is 5.32 Å². The molecule has 1 fully saturated rings. The first-order valence-corrected chi connectivity index (χ1v) is 7.45. The van der Waals surface area contributed by atoms with E-state index >= 15 is 0 Å². The topological polar surface area (TPSA) is 15.3 Å². The van der Waals surface area contributed by atoms with Gasteiger partial charge in [0.1, 0.15) is 0 Å². The summed E-state index contributed by atoms with van der Waals surface area (Å²) in [5.74, 6) is 0. The average Bonchev–Trinajstić information content (AvgIpc) is 2.26. The highest BCUT2D eigenvalue weighted by molar-refractivity contribution is 5.14. The summed E-state index contributed by atoms with van der Waals surface area (Å²) in [6.07, 6.45) is 1.24. The van der Waals surface area contributed by atoms with Crippen LogP contribution in [-0.4, -0.2) is 30.1 Å². The Hall–Kier alpha value is -0.860. The Bertz CT molecular complexity index is 380. The molecule has 0 spiro atoms. The Balaban J connectivity index is 1.94. The van der Waals surface area contributed by atoms with Gasteiger partial charge in [-0.25, -0.2) is 0 Å². The van der Waals surface area contributed by atoms with Gasteiger partial charge in [0, 0.05) is 31.7 Å². The lowest BCUT2D eigenvalue weighted by Crippen LogP contribution is -2.55. The summed E-state index contributed by atoms with van der Waals surface area (Å²) in [4.78, 5) is 2.59. The van der Waals surface area contributed by atoms with E-state index in [-0.39, 0.29) is 0 Å². The summed E-state index contributed by atoms with van der Waals surface area (Å²) in [7, 11) is 0. The van der Waals surface area contributed by atoms with Gasteiger partial charge in [-0.2, -0.15) is 0 Å². The van der Waals surface area contributed by atoms with E-state index in [2.05, 4.69) is 68.2 Å². The van der Waals surface area contributed by atoms with E-state index in [1.807, 2.05) is 0 Å². The molecule has 1 N–H and O–H groups in total. The molecule has 0 amide bonds. The van der Waals surface area contributed by atoms with E-state index in [4.69, 9.17) is 0 Å². The van der Waals surface area contributed by atoms with Gasteiger partial charge in [-0.1, -0.05) is 51.1 Å². The second-order valence-corrected chi connectivity index (χ2v) is 7.21. The highest BCUT2D eigenvalue weighted by atomic mass is 15.2. The zero-order valence-corrected chi connectivity index (χ0v) is 12.8. The number of rotatable bonds is 3. The number of nitrogens with one attached hydrogen (secondary N) is 1. The lowest BCUT2D eigenvalue weighted by molar-refractivity contribution is 0.135. The largest absolute Gasteiger partial charge is 0.309 e. The maximum atomic E-state index is 3.75. The average molecular weight is 260 g/mol. The molecular weight excluding hydrogens is 232 g/mol. The van der Waals surface area contributed by atoms with Gasteiger partial charge >= 0.3 is 0 Å². The Kier molecular flexibility index (Phi) is 4.64. The van der Waals surface area contributed by atoms with Crippen molar-refractivity contribution >= 4 is 0 Å². The molecule has 1 heterocycles. The maximum Gasteiger partial charge on any atom is 0.0235 e. The van der Waals surface area contributed by atoms with E-state index in [0.29, 0.717) is 17.5 Å². The fourth-order valence-electron chi connectivity index (χ4n) is 3.11. The lowest BCUT2D eigenvalue weighted by Gasteiger charge is -2.40. The minimum absolute atomic E-state index is 0.396. The Morgan fingerprint density at radius 1 is 1.16 bits per heavy atom. The molecule has 19 heavy (non-hydrogen) atoms. The smallest absolute Gasteiger partial charge is 0.0235 e. The van der Waals surface area contributed by atoms with Crippen LogP contribution < -0.4 is 5.32 Å². The van der Waals surface area contributed by atoms with Crippen molar-refractivity contribution < 1.29 is 0 Å². The fraction of sp³-hybridized carbons (Fsp3) is 0.647. The SMILES string of the molecule is C[C@H]1CN(Cc2ccccc2)CC(CC(C)(C)C)N1. The van der Waals surface area contributed by atoms with Gasteiger partial charge in [0.15, 0.2) is 0 Å². The molecular formula is C17H28N2. The van der Waals surface area contributed by atoms with Crippen LogP contribution in [0.5, 0.6) is 0 Å².